The van der Waals surface area contributed by atoms with Crippen LogP contribution in [0.2, 0.25) is 0 Å². The van der Waals surface area contributed by atoms with Crippen LogP contribution in [-0.4, -0.2) is 115 Å². The molecule has 0 aromatic rings. The Bertz CT molecular complexity index is 707. The van der Waals surface area contributed by atoms with Crippen LogP contribution >= 0.6 is 7.82 Å². The summed E-state index contributed by atoms with van der Waals surface area (Å²) in [6.45, 7) is -3.02. The van der Waals surface area contributed by atoms with Gasteiger partial charge in [0.2, 0.25) is 5.79 Å². The SMILES string of the molecule is O=P12O[C@@]3(OC4(CO)O[C@H](CO)[C@@H](O)[C@@H]4O)O[C@H](CO)[C@@H](O)[C@@](O)(O1)[C@]3(O)O2. The summed E-state index contributed by atoms with van der Waals surface area (Å²) in [5.74, 6) is -12.3. The van der Waals surface area contributed by atoms with Crippen molar-refractivity contribution in [1.82, 2.24) is 0 Å². The highest BCUT2D eigenvalue weighted by Crippen LogP contribution is 2.77. The van der Waals surface area contributed by atoms with Gasteiger partial charge in [0.05, 0.1) is 13.2 Å². The summed E-state index contributed by atoms with van der Waals surface area (Å²) in [5, 5.41) is 80.1. The molecule has 2 bridgehead atoms. The van der Waals surface area contributed by atoms with E-state index in [2.05, 4.69) is 4.52 Å². The molecule has 0 amide bonds. The first-order valence-electron chi connectivity index (χ1n) is 8.05. The zero-order chi connectivity index (χ0) is 20.8. The van der Waals surface area contributed by atoms with Crippen molar-refractivity contribution in [1.29, 1.82) is 0 Å². The number of hydrogen-bond acceptors (Lipinski definition) is 15. The molecule has 2 unspecified atom stereocenters. The summed E-state index contributed by atoms with van der Waals surface area (Å²) in [6, 6.07) is 0. The molecule has 4 fully saturated rings. The van der Waals surface area contributed by atoms with E-state index < -0.39 is 81.5 Å². The van der Waals surface area contributed by atoms with E-state index in [1.54, 1.807) is 0 Å². The normalized spacial score (nSPS) is 60.5. The first-order valence-corrected chi connectivity index (χ1v) is 9.51. The van der Waals surface area contributed by atoms with Crippen molar-refractivity contribution in [2.75, 3.05) is 19.8 Å². The number of phosphoric acid groups is 1. The van der Waals surface area contributed by atoms with E-state index in [0.29, 0.717) is 0 Å². The molecule has 4 rings (SSSR count). The second-order valence-electron chi connectivity index (χ2n) is 6.75. The van der Waals surface area contributed by atoms with Crippen molar-refractivity contribution in [3.63, 3.8) is 0 Å². The summed E-state index contributed by atoms with van der Waals surface area (Å²) in [7, 11) is -4.80. The lowest BCUT2D eigenvalue weighted by atomic mass is 9.90. The second kappa shape index (κ2) is 6.10. The zero-order valence-electron chi connectivity index (χ0n) is 13.9. The number of rotatable bonds is 5. The Morgan fingerprint density at radius 3 is 2.04 bits per heavy atom. The third-order valence-corrected chi connectivity index (χ3v) is 6.53. The van der Waals surface area contributed by atoms with Crippen molar-refractivity contribution in [2.24, 2.45) is 0 Å². The van der Waals surface area contributed by atoms with Gasteiger partial charge in [-0.25, -0.2) is 18.1 Å². The Balaban J connectivity index is 1.79. The standard InChI is InChI=1S/C12H19O15P/c13-1-4-6(16)8(18)9(3-15,22-4)24-12-11(20)10(19,7(17)5(2-14)23-12)25-28(21,26-11)27-12/h4-8,13-20H,1-3H2/t4-,5-,6-,7-,8+,9?,10-,11+,12-,28?/m1/s1. The maximum absolute atomic E-state index is 12.5. The Morgan fingerprint density at radius 1 is 0.893 bits per heavy atom. The molecule has 28 heavy (non-hydrogen) atoms. The van der Waals surface area contributed by atoms with E-state index >= 15 is 0 Å². The first-order chi connectivity index (χ1) is 13.0. The maximum Gasteiger partial charge on any atom is 0.485 e. The van der Waals surface area contributed by atoms with Gasteiger partial charge in [-0.15, -0.1) is 0 Å². The summed E-state index contributed by atoms with van der Waals surface area (Å²) >= 11 is 0. The van der Waals surface area contributed by atoms with Crippen molar-refractivity contribution < 1.29 is 73.2 Å². The molecular formula is C12H19O15P. The average molecular weight is 434 g/mol. The fourth-order valence-corrected chi connectivity index (χ4v) is 5.35. The Labute approximate surface area is 155 Å². The molecule has 8 N–H and O–H groups in total. The van der Waals surface area contributed by atoms with E-state index in [1.165, 1.54) is 0 Å². The molecule has 0 aromatic heterocycles. The summed E-state index contributed by atoms with van der Waals surface area (Å²) in [6.07, 6.45) is -9.26. The van der Waals surface area contributed by atoms with Crippen LogP contribution in [0, 0.1) is 0 Å². The lowest BCUT2D eigenvalue weighted by molar-refractivity contribution is -0.562. The molecular weight excluding hydrogens is 415 g/mol. The molecule has 4 aliphatic rings. The highest BCUT2D eigenvalue weighted by molar-refractivity contribution is 7.49. The molecule has 162 valence electrons. The molecule has 0 saturated carbocycles. The minimum atomic E-state index is -4.80. The Hall–Kier alpha value is -0.330. The molecule has 0 spiro atoms. The van der Waals surface area contributed by atoms with E-state index in [0.717, 1.165) is 0 Å². The summed E-state index contributed by atoms with van der Waals surface area (Å²) < 4.78 is 42.3. The van der Waals surface area contributed by atoms with Gasteiger partial charge in [0, 0.05) is 0 Å². The van der Waals surface area contributed by atoms with Gasteiger partial charge in [0.25, 0.3) is 5.79 Å². The smallest absolute Gasteiger partial charge is 0.394 e. The largest absolute Gasteiger partial charge is 0.485 e. The molecule has 16 heteroatoms. The summed E-state index contributed by atoms with van der Waals surface area (Å²) in [5.41, 5.74) is 0. The number of hydrogen-bond donors (Lipinski definition) is 8. The lowest BCUT2D eigenvalue weighted by Crippen LogP contribution is -2.80. The predicted octanol–water partition coefficient (Wildman–Crippen LogP) is -5.23. The van der Waals surface area contributed by atoms with Gasteiger partial charge in [0.15, 0.2) is 0 Å². The highest BCUT2D eigenvalue weighted by Gasteiger charge is 2.91. The van der Waals surface area contributed by atoms with Gasteiger partial charge in [0.1, 0.15) is 37.1 Å². The monoisotopic (exact) mass is 434 g/mol. The number of ether oxygens (including phenoxy) is 3. The minimum absolute atomic E-state index is 0.817. The maximum atomic E-state index is 12.5. The third kappa shape index (κ3) is 2.29. The zero-order valence-corrected chi connectivity index (χ0v) is 14.8. The lowest BCUT2D eigenvalue weighted by Gasteiger charge is -2.54. The quantitative estimate of drug-likeness (QED) is 0.189. The highest BCUT2D eigenvalue weighted by atomic mass is 31.2. The molecule has 4 aliphatic heterocycles. The molecule has 0 radical (unpaired) electrons. The van der Waals surface area contributed by atoms with E-state index in [4.69, 9.17) is 23.3 Å². The average Bonchev–Trinajstić information content (AvgIpc) is 3.11. The fraction of sp³-hybridized carbons (Fsp3) is 1.00. The van der Waals surface area contributed by atoms with Crippen LogP contribution in [0.5, 0.6) is 0 Å². The number of aliphatic hydroxyl groups excluding tert-OH is 6. The van der Waals surface area contributed by atoms with E-state index in [9.17, 15) is 45.4 Å². The number of fused-ring (bicyclic) bond motifs is 1. The van der Waals surface area contributed by atoms with Gasteiger partial charge >= 0.3 is 19.6 Å². The fourth-order valence-electron chi connectivity index (χ4n) is 3.60. The van der Waals surface area contributed by atoms with Crippen LogP contribution in [0.25, 0.3) is 0 Å². The number of aliphatic hydroxyl groups is 8. The molecule has 4 saturated heterocycles. The molecule has 15 nitrogen and oxygen atoms in total. The van der Waals surface area contributed by atoms with Gasteiger partial charge in [-0.1, -0.05) is 0 Å². The van der Waals surface area contributed by atoms with Crippen molar-refractivity contribution >= 4 is 7.82 Å². The predicted molar refractivity (Wildman–Crippen MR) is 76.3 cm³/mol. The van der Waals surface area contributed by atoms with Crippen LogP contribution in [0.3, 0.4) is 0 Å². The minimum Gasteiger partial charge on any atom is -0.394 e. The number of phosphoric ester groups is 1. The first kappa shape index (κ1) is 20.9. The third-order valence-electron chi connectivity index (χ3n) is 5.08. The molecule has 10 atom stereocenters. The van der Waals surface area contributed by atoms with E-state index in [1.807, 2.05) is 0 Å². The van der Waals surface area contributed by atoms with Gasteiger partial charge in [-0.3, -0.25) is 4.74 Å². The summed E-state index contributed by atoms with van der Waals surface area (Å²) in [4.78, 5) is 0. The van der Waals surface area contributed by atoms with Crippen LogP contribution < -0.4 is 0 Å². The topological polar surface area (TPSA) is 234 Å². The van der Waals surface area contributed by atoms with Crippen LogP contribution in [0.4, 0.5) is 0 Å². The van der Waals surface area contributed by atoms with Crippen molar-refractivity contribution in [2.45, 2.75) is 53.9 Å². The van der Waals surface area contributed by atoms with Gasteiger partial charge < -0.3 is 50.3 Å². The molecule has 0 aromatic carbocycles. The van der Waals surface area contributed by atoms with E-state index in [-0.39, 0.29) is 0 Å². The van der Waals surface area contributed by atoms with Gasteiger partial charge in [-0.2, -0.15) is 0 Å². The van der Waals surface area contributed by atoms with Crippen molar-refractivity contribution in [3.05, 3.63) is 0 Å². The van der Waals surface area contributed by atoms with Crippen LogP contribution in [0.15, 0.2) is 0 Å². The Kier molecular flexibility index (Phi) is 4.56. The Morgan fingerprint density at radius 2 is 1.54 bits per heavy atom. The van der Waals surface area contributed by atoms with Crippen molar-refractivity contribution in [3.8, 4) is 0 Å². The second-order valence-corrected chi connectivity index (χ2v) is 8.19. The van der Waals surface area contributed by atoms with Gasteiger partial charge in [-0.05, 0) is 0 Å². The van der Waals surface area contributed by atoms with Crippen LogP contribution in [-0.2, 0) is 32.3 Å². The van der Waals surface area contributed by atoms with Crippen LogP contribution in [0.1, 0.15) is 0 Å². The molecule has 4 heterocycles. The molecule has 0 aliphatic carbocycles.